The second kappa shape index (κ2) is 6.68. The van der Waals surface area contributed by atoms with E-state index in [-0.39, 0.29) is 17.9 Å². The third-order valence-corrected chi connectivity index (χ3v) is 4.28. The van der Waals surface area contributed by atoms with Crippen LogP contribution in [0.15, 0.2) is 35.7 Å². The van der Waals surface area contributed by atoms with Crippen LogP contribution in [0.5, 0.6) is 11.6 Å². The molecule has 8 nitrogen and oxygen atoms in total. The highest BCUT2D eigenvalue weighted by atomic mass is 16.5. The first kappa shape index (κ1) is 18.3. The highest BCUT2D eigenvalue weighted by Gasteiger charge is 2.37. The van der Waals surface area contributed by atoms with Crippen LogP contribution >= 0.6 is 0 Å². The van der Waals surface area contributed by atoms with Gasteiger partial charge in [-0.1, -0.05) is 32.9 Å². The van der Waals surface area contributed by atoms with Gasteiger partial charge in [-0.25, -0.2) is 0 Å². The van der Waals surface area contributed by atoms with Crippen LogP contribution in [0.1, 0.15) is 43.5 Å². The van der Waals surface area contributed by atoms with E-state index in [1.165, 1.54) is 0 Å². The molecular formula is C19H21N5O3. The van der Waals surface area contributed by atoms with Crippen molar-refractivity contribution in [2.75, 3.05) is 6.61 Å². The molecule has 1 aliphatic heterocycles. The second-order valence-corrected chi connectivity index (χ2v) is 7.32. The summed E-state index contributed by atoms with van der Waals surface area (Å²) in [5.41, 5.74) is 13.6. The largest absolute Gasteiger partial charge is 0.484 e. The predicted octanol–water partition coefficient (Wildman–Crippen LogP) is 1.79. The summed E-state index contributed by atoms with van der Waals surface area (Å²) in [7, 11) is 0. The average molecular weight is 367 g/mol. The minimum atomic E-state index is -0.552. The number of amides is 1. The number of allylic oxidation sites excluding steroid dienone is 1. The Kier molecular flexibility index (Phi) is 4.54. The Morgan fingerprint density at radius 1 is 1.37 bits per heavy atom. The first-order valence-corrected chi connectivity index (χ1v) is 8.39. The number of aromatic amines is 1. The van der Waals surface area contributed by atoms with Gasteiger partial charge in [0.15, 0.2) is 6.61 Å². The molecule has 27 heavy (non-hydrogen) atoms. The molecule has 5 N–H and O–H groups in total. The van der Waals surface area contributed by atoms with Crippen LogP contribution in [0.2, 0.25) is 0 Å². The number of carbonyl (C=O) groups is 1. The van der Waals surface area contributed by atoms with Crippen molar-refractivity contribution < 1.29 is 14.3 Å². The number of H-pyrrole nitrogens is 1. The summed E-state index contributed by atoms with van der Waals surface area (Å²) in [6, 6.07) is 9.24. The lowest BCUT2D eigenvalue weighted by Crippen LogP contribution is -2.24. The molecule has 2 aromatic rings. The number of rotatable bonds is 4. The molecule has 8 heteroatoms. The van der Waals surface area contributed by atoms with Crippen molar-refractivity contribution in [3.8, 4) is 17.7 Å². The van der Waals surface area contributed by atoms with Gasteiger partial charge in [0, 0.05) is 11.1 Å². The Hall–Kier alpha value is -3.47. The van der Waals surface area contributed by atoms with E-state index in [1.807, 2.05) is 32.9 Å². The van der Waals surface area contributed by atoms with E-state index in [0.29, 0.717) is 17.2 Å². The van der Waals surface area contributed by atoms with Crippen LogP contribution in [0.3, 0.4) is 0 Å². The molecule has 0 unspecified atom stereocenters. The molecule has 0 spiro atoms. The number of carbonyl (C=O) groups excluding carboxylic acids is 1. The van der Waals surface area contributed by atoms with Gasteiger partial charge in [0.1, 0.15) is 17.4 Å². The average Bonchev–Trinajstić information content (AvgIpc) is 3.02. The fourth-order valence-corrected chi connectivity index (χ4v) is 3.06. The number of nitrogens with zero attached hydrogens (tertiary/aromatic N) is 2. The van der Waals surface area contributed by atoms with Crippen LogP contribution in [-0.2, 0) is 10.2 Å². The molecule has 1 atom stereocenters. The highest BCUT2D eigenvalue weighted by Crippen LogP contribution is 2.45. The number of fused-ring (bicyclic) bond motifs is 1. The first-order valence-electron chi connectivity index (χ1n) is 8.39. The van der Waals surface area contributed by atoms with Gasteiger partial charge in [-0.3, -0.25) is 9.89 Å². The van der Waals surface area contributed by atoms with Crippen LogP contribution in [-0.4, -0.2) is 22.7 Å². The van der Waals surface area contributed by atoms with E-state index >= 15 is 0 Å². The number of ether oxygens (including phenoxy) is 2. The third kappa shape index (κ3) is 3.44. The maximum atomic E-state index is 10.9. The summed E-state index contributed by atoms with van der Waals surface area (Å²) in [6.45, 7) is 5.94. The first-order chi connectivity index (χ1) is 12.7. The zero-order chi connectivity index (χ0) is 19.8. The van der Waals surface area contributed by atoms with Crippen molar-refractivity contribution >= 4 is 5.91 Å². The molecule has 0 saturated carbocycles. The normalized spacial score (nSPS) is 16.3. The van der Waals surface area contributed by atoms with Crippen LogP contribution in [0.4, 0.5) is 0 Å². The summed E-state index contributed by atoms with van der Waals surface area (Å²) in [5.74, 6) is -0.0595. The predicted molar refractivity (Wildman–Crippen MR) is 97.7 cm³/mol. The Morgan fingerprint density at radius 3 is 2.59 bits per heavy atom. The van der Waals surface area contributed by atoms with Gasteiger partial charge in [0.25, 0.3) is 5.91 Å². The van der Waals surface area contributed by atoms with E-state index in [0.717, 1.165) is 16.8 Å². The number of hydrogen-bond donors (Lipinski definition) is 3. The van der Waals surface area contributed by atoms with Crippen molar-refractivity contribution in [2.45, 2.75) is 32.1 Å². The molecule has 1 aromatic carbocycles. The molecule has 140 valence electrons. The molecule has 1 aliphatic rings. The van der Waals surface area contributed by atoms with Crippen molar-refractivity contribution in [2.24, 2.45) is 11.5 Å². The number of hydrogen-bond acceptors (Lipinski definition) is 6. The summed E-state index contributed by atoms with van der Waals surface area (Å²) in [5, 5.41) is 16.9. The van der Waals surface area contributed by atoms with Gasteiger partial charge >= 0.3 is 0 Å². The van der Waals surface area contributed by atoms with Crippen molar-refractivity contribution in [3.63, 3.8) is 0 Å². The lowest BCUT2D eigenvalue weighted by Gasteiger charge is -2.27. The lowest BCUT2D eigenvalue weighted by molar-refractivity contribution is -0.119. The van der Waals surface area contributed by atoms with Gasteiger partial charge in [-0.05, 0) is 17.7 Å². The minimum absolute atomic E-state index is 0.0380. The molecular weight excluding hydrogens is 346 g/mol. The minimum Gasteiger partial charge on any atom is -0.484 e. The molecule has 0 aliphatic carbocycles. The van der Waals surface area contributed by atoms with E-state index in [2.05, 4.69) is 16.3 Å². The number of aromatic nitrogens is 2. The number of primary amides is 1. The molecule has 1 amide bonds. The Labute approximate surface area is 156 Å². The van der Waals surface area contributed by atoms with Gasteiger partial charge in [-0.15, -0.1) is 5.10 Å². The number of nitriles is 1. The summed E-state index contributed by atoms with van der Waals surface area (Å²) >= 11 is 0. The number of nitrogens with two attached hydrogens (primary N) is 2. The smallest absolute Gasteiger partial charge is 0.255 e. The summed E-state index contributed by atoms with van der Waals surface area (Å²) < 4.78 is 10.9. The molecule has 3 rings (SSSR count). The zero-order valence-corrected chi connectivity index (χ0v) is 15.4. The van der Waals surface area contributed by atoms with Gasteiger partial charge in [0.2, 0.25) is 11.8 Å². The molecule has 0 fully saturated rings. The summed E-state index contributed by atoms with van der Waals surface area (Å²) in [4.78, 5) is 10.9. The third-order valence-electron chi connectivity index (χ3n) is 4.28. The Balaban J connectivity index is 2.07. The fraction of sp³-hybridized carbons (Fsp3) is 0.316. The summed E-state index contributed by atoms with van der Waals surface area (Å²) in [6.07, 6.45) is 0. The highest BCUT2D eigenvalue weighted by molar-refractivity contribution is 5.75. The van der Waals surface area contributed by atoms with E-state index < -0.39 is 11.8 Å². The molecule has 0 radical (unpaired) electrons. The second-order valence-electron chi connectivity index (χ2n) is 7.32. The lowest BCUT2D eigenvalue weighted by atomic mass is 9.79. The standard InChI is InChI=1S/C19H21N5O3/c1-19(2,3)16-15-14(12(8-20)17(22)27-18(15)24-23-16)10-4-6-11(7-5-10)26-9-13(21)25/h4-7,14H,9,22H2,1-3H3,(H2,21,25)(H,23,24)/t14-/m0/s1. The topological polar surface area (TPSA) is 140 Å². The van der Waals surface area contributed by atoms with Crippen molar-refractivity contribution in [1.82, 2.24) is 10.2 Å². The maximum Gasteiger partial charge on any atom is 0.255 e. The number of benzene rings is 1. The molecule has 0 saturated heterocycles. The molecule has 0 bridgehead atoms. The Bertz CT molecular complexity index is 945. The van der Waals surface area contributed by atoms with Crippen molar-refractivity contribution in [1.29, 1.82) is 5.26 Å². The molecule has 2 heterocycles. The van der Waals surface area contributed by atoms with E-state index in [1.54, 1.807) is 12.1 Å². The van der Waals surface area contributed by atoms with E-state index in [4.69, 9.17) is 20.9 Å². The van der Waals surface area contributed by atoms with Gasteiger partial charge < -0.3 is 20.9 Å². The van der Waals surface area contributed by atoms with Crippen LogP contribution in [0, 0.1) is 11.3 Å². The zero-order valence-electron chi connectivity index (χ0n) is 15.4. The van der Waals surface area contributed by atoms with Crippen molar-refractivity contribution in [3.05, 3.63) is 52.5 Å². The molecule has 1 aromatic heterocycles. The van der Waals surface area contributed by atoms with Gasteiger partial charge in [-0.2, -0.15) is 5.26 Å². The SMILES string of the molecule is CC(C)(C)c1[nH]nc2c1[C@@H](c1ccc(OCC(N)=O)cc1)C(C#N)=C(N)O2. The van der Waals surface area contributed by atoms with Crippen LogP contribution in [0.25, 0.3) is 0 Å². The fourth-order valence-electron chi connectivity index (χ4n) is 3.06. The quantitative estimate of drug-likeness (QED) is 0.752. The Morgan fingerprint density at radius 2 is 2.04 bits per heavy atom. The van der Waals surface area contributed by atoms with Crippen LogP contribution < -0.4 is 20.9 Å². The van der Waals surface area contributed by atoms with Gasteiger partial charge in [0.05, 0.1) is 11.5 Å². The number of nitrogens with one attached hydrogen (secondary N) is 1. The van der Waals surface area contributed by atoms with E-state index in [9.17, 15) is 10.1 Å². The monoisotopic (exact) mass is 367 g/mol. The maximum absolute atomic E-state index is 10.9.